The van der Waals surface area contributed by atoms with E-state index in [-0.39, 0.29) is 17.6 Å². The van der Waals surface area contributed by atoms with Gasteiger partial charge in [0.05, 0.1) is 17.4 Å². The Bertz CT molecular complexity index is 1280. The zero-order valence-electron chi connectivity index (χ0n) is 18.6. The number of hydrogen-bond acceptors (Lipinski definition) is 3. The molecule has 0 unspecified atom stereocenters. The lowest BCUT2D eigenvalue weighted by molar-refractivity contribution is -0.117. The number of benzene rings is 3. The number of aryl methyl sites for hydroxylation is 1. The van der Waals surface area contributed by atoms with Crippen LogP contribution in [0.25, 0.3) is 0 Å². The molecule has 1 aliphatic carbocycles. The molecule has 4 nitrogen and oxygen atoms in total. The van der Waals surface area contributed by atoms with Crippen molar-refractivity contribution in [2.24, 2.45) is 0 Å². The smallest absolute Gasteiger partial charge is 0.224 e. The summed E-state index contributed by atoms with van der Waals surface area (Å²) in [5.74, 6) is 0.00944. The molecule has 0 saturated heterocycles. The number of fused-ring (bicyclic) bond motifs is 1. The molecule has 3 aromatic rings. The number of para-hydroxylation sites is 2. The Morgan fingerprint density at radius 1 is 0.970 bits per heavy atom. The number of hydrogen-bond donors (Lipinski definition) is 1. The van der Waals surface area contributed by atoms with E-state index in [1.54, 1.807) is 17.9 Å². The van der Waals surface area contributed by atoms with Gasteiger partial charge in [-0.25, -0.2) is 0 Å². The summed E-state index contributed by atoms with van der Waals surface area (Å²) < 4.78 is 0. The van der Waals surface area contributed by atoms with Gasteiger partial charge in [-0.15, -0.1) is 0 Å². The van der Waals surface area contributed by atoms with Crippen molar-refractivity contribution in [3.8, 4) is 0 Å². The van der Waals surface area contributed by atoms with Crippen LogP contribution in [0.1, 0.15) is 48.4 Å². The number of nitrogens with one attached hydrogen (secondary N) is 1. The highest BCUT2D eigenvalue weighted by Gasteiger charge is 2.40. The van der Waals surface area contributed by atoms with Crippen molar-refractivity contribution < 1.29 is 9.59 Å². The normalized spacial score (nSPS) is 20.0. The molecular formula is C28H25ClN2O2. The van der Waals surface area contributed by atoms with Gasteiger partial charge in [0.1, 0.15) is 0 Å². The van der Waals surface area contributed by atoms with Crippen molar-refractivity contribution in [1.82, 2.24) is 0 Å². The Morgan fingerprint density at radius 2 is 1.73 bits per heavy atom. The molecule has 1 amide bonds. The van der Waals surface area contributed by atoms with E-state index in [0.717, 1.165) is 28.2 Å². The van der Waals surface area contributed by atoms with E-state index in [1.165, 1.54) is 5.56 Å². The molecule has 33 heavy (non-hydrogen) atoms. The van der Waals surface area contributed by atoms with Crippen LogP contribution >= 0.6 is 11.6 Å². The fourth-order valence-corrected chi connectivity index (χ4v) is 5.20. The van der Waals surface area contributed by atoms with Gasteiger partial charge in [0.25, 0.3) is 0 Å². The summed E-state index contributed by atoms with van der Waals surface area (Å²) >= 11 is 6.34. The first-order valence-corrected chi connectivity index (χ1v) is 11.5. The van der Waals surface area contributed by atoms with Crippen molar-refractivity contribution in [3.63, 3.8) is 0 Å². The van der Waals surface area contributed by atoms with Crippen molar-refractivity contribution >= 4 is 34.7 Å². The third-order valence-electron chi connectivity index (χ3n) is 6.54. The molecule has 2 aliphatic rings. The molecule has 1 N–H and O–H groups in total. The minimum atomic E-state index is -0.543. The predicted molar refractivity (Wildman–Crippen MR) is 133 cm³/mol. The quantitative estimate of drug-likeness (QED) is 0.474. The average Bonchev–Trinajstić information content (AvgIpc) is 2.94. The third-order valence-corrected chi connectivity index (χ3v) is 6.78. The maximum Gasteiger partial charge on any atom is 0.224 e. The Balaban J connectivity index is 1.70. The summed E-state index contributed by atoms with van der Waals surface area (Å²) in [5.41, 5.74) is 6.27. The molecule has 1 aliphatic heterocycles. The lowest BCUT2D eigenvalue weighted by Crippen LogP contribution is -2.37. The molecular weight excluding hydrogens is 432 g/mol. The van der Waals surface area contributed by atoms with Crippen LogP contribution in [0, 0.1) is 6.92 Å². The molecule has 0 aromatic heterocycles. The van der Waals surface area contributed by atoms with Gasteiger partial charge in [-0.2, -0.15) is 0 Å². The lowest BCUT2D eigenvalue weighted by atomic mass is 9.78. The number of anilines is 2. The summed E-state index contributed by atoms with van der Waals surface area (Å²) in [6.45, 7) is 3.61. The molecule has 5 rings (SSSR count). The largest absolute Gasteiger partial charge is 0.357 e. The SMILES string of the molecule is CC(=O)N1c2ccccc2NC2=C(C(=O)C[C@H](c3ccc(C)cc3)C2)[C@@H]1c1cccc(Cl)c1. The Hall–Kier alpha value is -3.37. The van der Waals surface area contributed by atoms with Gasteiger partial charge in [0.2, 0.25) is 5.91 Å². The zero-order valence-corrected chi connectivity index (χ0v) is 19.4. The molecule has 0 fully saturated rings. The summed E-state index contributed by atoms with van der Waals surface area (Å²) in [4.78, 5) is 28.5. The highest BCUT2D eigenvalue weighted by molar-refractivity contribution is 6.30. The van der Waals surface area contributed by atoms with Crippen LogP contribution in [-0.2, 0) is 9.59 Å². The van der Waals surface area contributed by atoms with Crippen LogP contribution in [0.5, 0.6) is 0 Å². The molecule has 166 valence electrons. The monoisotopic (exact) mass is 456 g/mol. The van der Waals surface area contributed by atoms with Gasteiger partial charge in [0, 0.05) is 29.6 Å². The maximum absolute atomic E-state index is 13.8. The Kier molecular flexibility index (Phi) is 5.55. The van der Waals surface area contributed by atoms with Crippen LogP contribution in [0.2, 0.25) is 5.02 Å². The minimum Gasteiger partial charge on any atom is -0.357 e. The molecule has 5 heteroatoms. The number of ketones is 1. The van der Waals surface area contributed by atoms with Crippen LogP contribution < -0.4 is 10.2 Å². The molecule has 1 heterocycles. The van der Waals surface area contributed by atoms with Crippen molar-refractivity contribution in [3.05, 3.63) is 106 Å². The minimum absolute atomic E-state index is 0.0540. The Morgan fingerprint density at radius 3 is 2.45 bits per heavy atom. The molecule has 0 saturated carbocycles. The highest BCUT2D eigenvalue weighted by atomic mass is 35.5. The maximum atomic E-state index is 13.8. The zero-order chi connectivity index (χ0) is 23.1. The number of halogens is 1. The van der Waals surface area contributed by atoms with Crippen LogP contribution in [-0.4, -0.2) is 11.7 Å². The first-order valence-electron chi connectivity index (χ1n) is 11.2. The van der Waals surface area contributed by atoms with E-state index < -0.39 is 6.04 Å². The van der Waals surface area contributed by atoms with Crippen LogP contribution in [0.4, 0.5) is 11.4 Å². The lowest BCUT2D eigenvalue weighted by Gasteiger charge is -2.34. The fourth-order valence-electron chi connectivity index (χ4n) is 5.00. The number of Topliss-reactive ketones (excluding diaryl/α,β-unsaturated/α-hetero) is 1. The van der Waals surface area contributed by atoms with Gasteiger partial charge in [-0.3, -0.25) is 14.5 Å². The number of rotatable bonds is 2. The molecule has 0 radical (unpaired) electrons. The number of carbonyl (C=O) groups excluding carboxylic acids is 2. The molecule has 0 spiro atoms. The van der Waals surface area contributed by atoms with Gasteiger partial charge in [-0.05, 0) is 54.7 Å². The number of nitrogens with zero attached hydrogens (tertiary/aromatic N) is 1. The second-order valence-corrected chi connectivity index (χ2v) is 9.26. The van der Waals surface area contributed by atoms with Gasteiger partial charge >= 0.3 is 0 Å². The second-order valence-electron chi connectivity index (χ2n) is 8.82. The van der Waals surface area contributed by atoms with E-state index >= 15 is 0 Å². The summed E-state index contributed by atoms with van der Waals surface area (Å²) in [7, 11) is 0. The van der Waals surface area contributed by atoms with Crippen molar-refractivity contribution in [2.45, 2.75) is 38.6 Å². The molecule has 0 bridgehead atoms. The van der Waals surface area contributed by atoms with E-state index in [2.05, 4.69) is 36.5 Å². The Labute approximate surface area is 198 Å². The summed E-state index contributed by atoms with van der Waals surface area (Å²) in [6, 6.07) is 23.0. The van der Waals surface area contributed by atoms with Gasteiger partial charge < -0.3 is 5.32 Å². The van der Waals surface area contributed by atoms with Crippen molar-refractivity contribution in [1.29, 1.82) is 0 Å². The number of allylic oxidation sites excluding steroid dienone is 1. The predicted octanol–water partition coefficient (Wildman–Crippen LogP) is 6.57. The van der Waals surface area contributed by atoms with Gasteiger partial charge in [-0.1, -0.05) is 65.7 Å². The van der Waals surface area contributed by atoms with Crippen LogP contribution in [0.15, 0.2) is 84.1 Å². The number of amides is 1. The first kappa shape index (κ1) is 21.5. The average molecular weight is 457 g/mol. The highest BCUT2D eigenvalue weighted by Crippen LogP contribution is 2.47. The number of carbonyl (C=O) groups is 2. The van der Waals surface area contributed by atoms with Gasteiger partial charge in [0.15, 0.2) is 5.78 Å². The third kappa shape index (κ3) is 3.96. The molecule has 2 atom stereocenters. The summed E-state index contributed by atoms with van der Waals surface area (Å²) in [6.07, 6.45) is 1.10. The second kappa shape index (κ2) is 8.53. The topological polar surface area (TPSA) is 49.4 Å². The van der Waals surface area contributed by atoms with Crippen molar-refractivity contribution in [2.75, 3.05) is 10.2 Å². The van der Waals surface area contributed by atoms with E-state index in [1.807, 2.05) is 42.5 Å². The van der Waals surface area contributed by atoms with Crippen LogP contribution in [0.3, 0.4) is 0 Å². The van der Waals surface area contributed by atoms with E-state index in [4.69, 9.17) is 11.6 Å². The first-order chi connectivity index (χ1) is 15.9. The van der Waals surface area contributed by atoms with E-state index in [0.29, 0.717) is 23.4 Å². The fraction of sp³-hybridized carbons (Fsp3) is 0.214. The van der Waals surface area contributed by atoms with E-state index in [9.17, 15) is 9.59 Å². The summed E-state index contributed by atoms with van der Waals surface area (Å²) in [5, 5.41) is 4.11. The molecule has 3 aromatic carbocycles. The standard InChI is InChI=1S/C28H25ClN2O2/c1-17-10-12-19(13-11-17)21-15-24-27(26(33)16-21)28(20-6-5-7-22(29)14-20)31(18(2)32)25-9-4-3-8-23(25)30-24/h3-14,21,28,30H,15-16H2,1-2H3/t21-,28+/m1/s1.